The van der Waals surface area contributed by atoms with Crippen molar-refractivity contribution in [3.05, 3.63) is 65.2 Å². The molecule has 1 aromatic carbocycles. The predicted octanol–water partition coefficient (Wildman–Crippen LogP) is 2.24. The van der Waals surface area contributed by atoms with Crippen LogP contribution >= 0.6 is 0 Å². The molecule has 62 valence electrons. The maximum Gasteiger partial charge on any atom is 0.0910 e. The maximum absolute atomic E-state index is 5.77. The molecule has 1 aliphatic rings. The Hall–Kier alpha value is -1.94. The topological polar surface area (TPSA) is 26.0 Å². The lowest BCUT2D eigenvalue weighted by molar-refractivity contribution is 1.42. The molecule has 2 rings (SSSR count). The molecular weight excluding hydrogens is 158 g/mol. The number of hydrogen-bond acceptors (Lipinski definition) is 1. The van der Waals surface area contributed by atoms with E-state index in [1.807, 2.05) is 42.5 Å². The molecule has 1 nitrogen and oxygen atoms in total. The largest absolute Gasteiger partial charge is 0.391 e. The molecule has 13 heavy (non-hydrogen) atoms. The quantitative estimate of drug-likeness (QED) is 0.638. The van der Waals surface area contributed by atoms with E-state index in [0.717, 1.165) is 11.1 Å². The molecule has 0 aliphatic heterocycles. The summed E-state index contributed by atoms with van der Waals surface area (Å²) in [5.41, 5.74) is 14.2. The van der Waals surface area contributed by atoms with E-state index in [0.29, 0.717) is 5.70 Å². The first-order valence-corrected chi connectivity index (χ1v) is 4.11. The van der Waals surface area contributed by atoms with Crippen LogP contribution in [0.25, 0.3) is 5.57 Å². The van der Waals surface area contributed by atoms with Crippen molar-refractivity contribution in [2.75, 3.05) is 0 Å². The van der Waals surface area contributed by atoms with Gasteiger partial charge in [0, 0.05) is 5.57 Å². The van der Waals surface area contributed by atoms with E-state index in [1.165, 1.54) is 0 Å². The Morgan fingerprint density at radius 1 is 1.08 bits per heavy atom. The molecule has 0 aromatic heterocycles. The zero-order valence-corrected chi connectivity index (χ0v) is 7.12. The summed E-state index contributed by atoms with van der Waals surface area (Å²) in [5, 5.41) is 0. The van der Waals surface area contributed by atoms with E-state index in [2.05, 4.69) is 11.5 Å². The van der Waals surface area contributed by atoms with Gasteiger partial charge in [0.2, 0.25) is 0 Å². The summed E-state index contributed by atoms with van der Waals surface area (Å²) in [7, 11) is 0. The maximum atomic E-state index is 5.77. The van der Waals surface area contributed by atoms with Crippen molar-refractivity contribution in [3.8, 4) is 0 Å². The summed E-state index contributed by atoms with van der Waals surface area (Å²) < 4.78 is 0. The van der Waals surface area contributed by atoms with E-state index in [9.17, 15) is 0 Å². The molecule has 0 radical (unpaired) electrons. The highest BCUT2D eigenvalue weighted by Crippen LogP contribution is 2.19. The van der Waals surface area contributed by atoms with Crippen LogP contribution in [0, 0.1) is 0 Å². The second kappa shape index (κ2) is 3.20. The molecule has 0 bridgehead atoms. The van der Waals surface area contributed by atoms with Gasteiger partial charge in [0.1, 0.15) is 0 Å². The van der Waals surface area contributed by atoms with Gasteiger partial charge >= 0.3 is 0 Å². The smallest absolute Gasteiger partial charge is 0.0910 e. The van der Waals surface area contributed by atoms with Crippen molar-refractivity contribution < 1.29 is 0 Å². The van der Waals surface area contributed by atoms with Crippen LogP contribution in [-0.4, -0.2) is 0 Å². The third-order valence-corrected chi connectivity index (χ3v) is 1.92. The third kappa shape index (κ3) is 1.47. The summed E-state index contributed by atoms with van der Waals surface area (Å²) in [5.74, 6) is 0. The molecule has 1 aliphatic carbocycles. The Balaban J connectivity index is 2.47. The van der Waals surface area contributed by atoms with Crippen molar-refractivity contribution in [1.82, 2.24) is 0 Å². The minimum atomic E-state index is 0.647. The zero-order valence-electron chi connectivity index (χ0n) is 7.12. The molecule has 0 spiro atoms. The first-order chi connectivity index (χ1) is 6.38. The lowest BCUT2D eigenvalue weighted by Crippen LogP contribution is -1.99. The average Bonchev–Trinajstić information content (AvgIpc) is 2.20. The first kappa shape index (κ1) is 7.70. The van der Waals surface area contributed by atoms with Crippen LogP contribution in [0.4, 0.5) is 0 Å². The van der Waals surface area contributed by atoms with Gasteiger partial charge in [-0.3, -0.25) is 0 Å². The monoisotopic (exact) mass is 167 g/mol. The molecule has 0 saturated heterocycles. The van der Waals surface area contributed by atoms with Crippen molar-refractivity contribution in [2.45, 2.75) is 0 Å². The van der Waals surface area contributed by atoms with Gasteiger partial charge in [-0.05, 0) is 23.4 Å². The van der Waals surface area contributed by atoms with Crippen molar-refractivity contribution in [2.24, 2.45) is 5.73 Å². The fraction of sp³-hybridized carbons (Fsp3) is 0. The summed E-state index contributed by atoms with van der Waals surface area (Å²) in [4.78, 5) is 0. The highest BCUT2D eigenvalue weighted by Gasteiger charge is 2.03. The number of benzene rings is 1. The molecule has 1 aromatic rings. The van der Waals surface area contributed by atoms with Gasteiger partial charge in [-0.15, -0.1) is 0 Å². The van der Waals surface area contributed by atoms with Crippen molar-refractivity contribution >= 4 is 5.57 Å². The third-order valence-electron chi connectivity index (χ3n) is 1.92. The lowest BCUT2D eigenvalue weighted by Gasteiger charge is -2.05. The molecule has 0 unspecified atom stereocenters. The minimum Gasteiger partial charge on any atom is -0.391 e. The summed E-state index contributed by atoms with van der Waals surface area (Å²) in [6, 6.07) is 10.0. The zero-order chi connectivity index (χ0) is 9.10. The van der Waals surface area contributed by atoms with Gasteiger partial charge in [-0.2, -0.15) is 0 Å². The molecule has 0 fully saturated rings. The highest BCUT2D eigenvalue weighted by atomic mass is 14.6. The number of hydrogen-bond donors (Lipinski definition) is 1. The van der Waals surface area contributed by atoms with Crippen LogP contribution in [0.1, 0.15) is 5.56 Å². The molecular formula is C12H9N. The fourth-order valence-electron chi connectivity index (χ4n) is 1.27. The predicted molar refractivity (Wildman–Crippen MR) is 53.7 cm³/mol. The van der Waals surface area contributed by atoms with Crippen LogP contribution in [0.3, 0.4) is 0 Å². The molecule has 2 N–H and O–H groups in total. The van der Waals surface area contributed by atoms with Gasteiger partial charge < -0.3 is 5.73 Å². The Morgan fingerprint density at radius 2 is 1.85 bits per heavy atom. The Morgan fingerprint density at radius 3 is 2.54 bits per heavy atom. The molecule has 0 heterocycles. The van der Waals surface area contributed by atoms with Crippen LogP contribution < -0.4 is 5.73 Å². The summed E-state index contributed by atoms with van der Waals surface area (Å²) in [6.45, 7) is 0. The Labute approximate surface area is 77.2 Å². The van der Waals surface area contributed by atoms with Gasteiger partial charge in [0.15, 0.2) is 0 Å². The van der Waals surface area contributed by atoms with E-state index < -0.39 is 0 Å². The normalized spacial score (nSPS) is 13.8. The summed E-state index contributed by atoms with van der Waals surface area (Å²) in [6.07, 6.45) is 3.76. The molecule has 0 amide bonds. The van der Waals surface area contributed by atoms with E-state index in [-0.39, 0.29) is 0 Å². The molecule has 0 atom stereocenters. The Kier molecular flexibility index (Phi) is 1.90. The summed E-state index contributed by atoms with van der Waals surface area (Å²) >= 11 is 0. The van der Waals surface area contributed by atoms with Gasteiger partial charge in [0.25, 0.3) is 0 Å². The lowest BCUT2D eigenvalue weighted by atomic mass is 10.0. The Bertz CT molecular complexity index is 439. The van der Waals surface area contributed by atoms with E-state index in [4.69, 9.17) is 5.73 Å². The van der Waals surface area contributed by atoms with Crippen LogP contribution in [0.15, 0.2) is 59.6 Å². The SMILES string of the molecule is NC1=C=C=CC=C1c1ccccc1. The molecule has 0 saturated carbocycles. The van der Waals surface area contributed by atoms with Gasteiger partial charge in [0.05, 0.1) is 5.70 Å². The van der Waals surface area contributed by atoms with Crippen molar-refractivity contribution in [3.63, 3.8) is 0 Å². The molecule has 1 heteroatoms. The minimum absolute atomic E-state index is 0.647. The highest BCUT2D eigenvalue weighted by molar-refractivity contribution is 5.79. The first-order valence-electron chi connectivity index (χ1n) is 4.11. The van der Waals surface area contributed by atoms with Crippen molar-refractivity contribution in [1.29, 1.82) is 0 Å². The number of allylic oxidation sites excluding steroid dienone is 3. The number of nitrogens with two attached hydrogens (primary N) is 1. The number of rotatable bonds is 1. The van der Waals surface area contributed by atoms with Crippen LogP contribution in [-0.2, 0) is 0 Å². The standard InChI is InChI=1S/C12H9N/c13-12-9-5-4-8-11(12)10-6-2-1-3-7-10/h1-4,6-8H,13H2. The average molecular weight is 167 g/mol. The second-order valence-electron chi connectivity index (χ2n) is 2.80. The fourth-order valence-corrected chi connectivity index (χ4v) is 1.27. The van der Waals surface area contributed by atoms with Gasteiger partial charge in [-0.25, -0.2) is 0 Å². The van der Waals surface area contributed by atoms with E-state index in [1.54, 1.807) is 0 Å². The van der Waals surface area contributed by atoms with Crippen LogP contribution in [0.5, 0.6) is 0 Å². The van der Waals surface area contributed by atoms with Crippen LogP contribution in [0.2, 0.25) is 0 Å². The van der Waals surface area contributed by atoms with Gasteiger partial charge in [-0.1, -0.05) is 36.1 Å². The second-order valence-corrected chi connectivity index (χ2v) is 2.80. The van der Waals surface area contributed by atoms with E-state index >= 15 is 0 Å².